The summed E-state index contributed by atoms with van der Waals surface area (Å²) in [4.78, 5) is 34.0. The van der Waals surface area contributed by atoms with Gasteiger partial charge in [-0.1, -0.05) is 18.2 Å². The van der Waals surface area contributed by atoms with E-state index in [4.69, 9.17) is 9.57 Å². The number of rotatable bonds is 6. The van der Waals surface area contributed by atoms with E-state index in [0.717, 1.165) is 17.2 Å². The molecular formula is C21H17F3N2O4. The van der Waals surface area contributed by atoms with Crippen molar-refractivity contribution >= 4 is 28.5 Å². The Morgan fingerprint density at radius 1 is 1.07 bits per heavy atom. The Bertz CT molecular complexity index is 1060. The first kappa shape index (κ1) is 21.1. The van der Waals surface area contributed by atoms with Gasteiger partial charge in [0.05, 0.1) is 28.9 Å². The summed E-state index contributed by atoms with van der Waals surface area (Å²) in [7, 11) is 0. The van der Waals surface area contributed by atoms with Crippen molar-refractivity contribution in [3.05, 3.63) is 71.9 Å². The number of anilines is 1. The second-order valence-corrected chi connectivity index (χ2v) is 6.15. The molecule has 0 radical (unpaired) electrons. The van der Waals surface area contributed by atoms with Gasteiger partial charge in [0.1, 0.15) is 0 Å². The highest BCUT2D eigenvalue weighted by Gasteiger charge is 2.31. The Balaban J connectivity index is 2.04. The second-order valence-electron chi connectivity index (χ2n) is 6.15. The minimum atomic E-state index is -4.58. The molecule has 0 spiro atoms. The molecule has 9 heteroatoms. The number of carbonyl (C=O) groups excluding carboxylic acids is 2. The Hall–Kier alpha value is -3.62. The lowest BCUT2D eigenvalue weighted by Crippen LogP contribution is -2.33. The number of alkyl halides is 3. The number of pyridine rings is 1. The third kappa shape index (κ3) is 4.86. The monoisotopic (exact) mass is 418 g/mol. The molecule has 6 nitrogen and oxygen atoms in total. The Morgan fingerprint density at radius 3 is 2.47 bits per heavy atom. The average Bonchev–Trinajstić information content (AvgIpc) is 2.72. The maximum absolute atomic E-state index is 13.2. The molecule has 1 heterocycles. The summed E-state index contributed by atoms with van der Waals surface area (Å²) < 4.78 is 44.5. The van der Waals surface area contributed by atoms with Crippen molar-refractivity contribution in [1.29, 1.82) is 0 Å². The molecule has 0 unspecified atom stereocenters. The predicted molar refractivity (Wildman–Crippen MR) is 103 cm³/mol. The summed E-state index contributed by atoms with van der Waals surface area (Å²) in [5.41, 5.74) is -0.371. The van der Waals surface area contributed by atoms with Gasteiger partial charge in [0.15, 0.2) is 6.54 Å². The normalized spacial score (nSPS) is 11.2. The molecule has 2 aromatic carbocycles. The lowest BCUT2D eigenvalue weighted by molar-refractivity contribution is -0.142. The molecule has 0 aliphatic carbocycles. The second kappa shape index (κ2) is 8.81. The van der Waals surface area contributed by atoms with Crippen LogP contribution in [0.5, 0.6) is 0 Å². The number of hydrogen-bond acceptors (Lipinski definition) is 6. The number of aromatic nitrogens is 1. The molecule has 156 valence electrons. The van der Waals surface area contributed by atoms with Gasteiger partial charge in [0, 0.05) is 11.6 Å². The van der Waals surface area contributed by atoms with Gasteiger partial charge in [-0.2, -0.15) is 18.2 Å². The first-order valence-electron chi connectivity index (χ1n) is 8.96. The summed E-state index contributed by atoms with van der Waals surface area (Å²) in [5, 5.41) is 0.981. The predicted octanol–water partition coefficient (Wildman–Crippen LogP) is 4.40. The number of halogens is 3. The van der Waals surface area contributed by atoms with Crippen LogP contribution in [-0.2, 0) is 20.5 Å². The number of esters is 1. The standard InChI is InChI=1S/C21H17F3N2O4/c1-2-29-19(27)13-26(30-20(28)14-6-4-3-5-7-14)18-10-11-25-17-9-8-15(12-16(17)18)21(22,23)24/h3-12H,2,13H2,1H3. The number of benzene rings is 2. The van der Waals surface area contributed by atoms with Crippen molar-refractivity contribution in [2.45, 2.75) is 13.1 Å². The van der Waals surface area contributed by atoms with Crippen LogP contribution in [0.3, 0.4) is 0 Å². The summed E-state index contributed by atoms with van der Waals surface area (Å²) in [6.45, 7) is 1.19. The van der Waals surface area contributed by atoms with E-state index >= 15 is 0 Å². The number of ether oxygens (including phenoxy) is 1. The first-order chi connectivity index (χ1) is 14.3. The van der Waals surface area contributed by atoms with Gasteiger partial charge in [-0.05, 0) is 43.3 Å². The van der Waals surface area contributed by atoms with E-state index in [1.165, 1.54) is 30.5 Å². The zero-order valence-corrected chi connectivity index (χ0v) is 15.8. The number of nitrogens with zero attached hydrogens (tertiary/aromatic N) is 2. The number of hydrogen-bond donors (Lipinski definition) is 0. The van der Waals surface area contributed by atoms with Crippen molar-refractivity contribution in [2.75, 3.05) is 18.2 Å². The molecule has 0 bridgehead atoms. The van der Waals surface area contributed by atoms with Crippen molar-refractivity contribution in [1.82, 2.24) is 4.98 Å². The van der Waals surface area contributed by atoms with Crippen LogP contribution in [0.1, 0.15) is 22.8 Å². The molecule has 3 aromatic rings. The van der Waals surface area contributed by atoms with Crippen molar-refractivity contribution in [3.8, 4) is 0 Å². The fraction of sp³-hybridized carbons (Fsp3) is 0.190. The molecule has 3 rings (SSSR count). The van der Waals surface area contributed by atoms with Crippen LogP contribution >= 0.6 is 0 Å². The van der Waals surface area contributed by atoms with Gasteiger partial charge in [-0.15, -0.1) is 0 Å². The zero-order chi connectivity index (χ0) is 21.7. The molecule has 0 saturated carbocycles. The molecule has 0 atom stereocenters. The van der Waals surface area contributed by atoms with Crippen molar-refractivity contribution < 1.29 is 32.3 Å². The number of hydroxylamine groups is 1. The van der Waals surface area contributed by atoms with Gasteiger partial charge in [-0.25, -0.2) is 9.59 Å². The molecule has 30 heavy (non-hydrogen) atoms. The summed E-state index contributed by atoms with van der Waals surface area (Å²) in [5.74, 6) is -1.49. The third-order valence-corrected chi connectivity index (χ3v) is 4.10. The Labute approximate surface area is 169 Å². The largest absolute Gasteiger partial charge is 0.465 e. The maximum atomic E-state index is 13.2. The van der Waals surface area contributed by atoms with Crippen molar-refractivity contribution in [3.63, 3.8) is 0 Å². The Morgan fingerprint density at radius 2 is 1.80 bits per heavy atom. The van der Waals surface area contributed by atoms with Crippen LogP contribution < -0.4 is 5.06 Å². The van der Waals surface area contributed by atoms with E-state index in [9.17, 15) is 22.8 Å². The maximum Gasteiger partial charge on any atom is 0.416 e. The topological polar surface area (TPSA) is 68.7 Å². The zero-order valence-electron chi connectivity index (χ0n) is 15.8. The van der Waals surface area contributed by atoms with E-state index in [1.54, 1.807) is 25.1 Å². The van der Waals surface area contributed by atoms with Gasteiger partial charge in [0.2, 0.25) is 0 Å². The molecule has 0 aliphatic heterocycles. The smallest absolute Gasteiger partial charge is 0.416 e. The minimum absolute atomic E-state index is 0.0671. The third-order valence-electron chi connectivity index (χ3n) is 4.10. The van der Waals surface area contributed by atoms with Crippen LogP contribution in [0.25, 0.3) is 10.9 Å². The van der Waals surface area contributed by atoms with E-state index in [0.29, 0.717) is 0 Å². The van der Waals surface area contributed by atoms with Gasteiger partial charge in [-0.3, -0.25) is 4.98 Å². The minimum Gasteiger partial charge on any atom is -0.465 e. The highest BCUT2D eigenvalue weighted by Crippen LogP contribution is 2.34. The first-order valence-corrected chi connectivity index (χ1v) is 8.96. The molecule has 0 amide bonds. The van der Waals surface area contributed by atoms with Crippen LogP contribution in [0, 0.1) is 0 Å². The van der Waals surface area contributed by atoms with Crippen LogP contribution in [0.2, 0.25) is 0 Å². The molecule has 0 N–H and O–H groups in total. The van der Waals surface area contributed by atoms with Crippen LogP contribution in [0.4, 0.5) is 18.9 Å². The lowest BCUT2D eigenvalue weighted by atomic mass is 10.1. The molecule has 0 saturated heterocycles. The summed E-state index contributed by atoms with van der Waals surface area (Å²) in [6, 6.07) is 12.4. The molecular weight excluding hydrogens is 401 g/mol. The van der Waals surface area contributed by atoms with Crippen LogP contribution in [0.15, 0.2) is 60.8 Å². The Kier molecular flexibility index (Phi) is 6.20. The van der Waals surface area contributed by atoms with Gasteiger partial charge >= 0.3 is 18.1 Å². The fourth-order valence-electron chi connectivity index (χ4n) is 2.74. The quantitative estimate of drug-likeness (QED) is 0.437. The summed E-state index contributed by atoms with van der Waals surface area (Å²) >= 11 is 0. The van der Waals surface area contributed by atoms with Crippen molar-refractivity contribution in [2.24, 2.45) is 0 Å². The highest BCUT2D eigenvalue weighted by atomic mass is 19.4. The molecule has 0 fully saturated rings. The molecule has 1 aromatic heterocycles. The highest BCUT2D eigenvalue weighted by molar-refractivity contribution is 5.95. The fourth-order valence-corrected chi connectivity index (χ4v) is 2.74. The van der Waals surface area contributed by atoms with Gasteiger partial charge in [0.25, 0.3) is 0 Å². The van der Waals surface area contributed by atoms with Gasteiger partial charge < -0.3 is 9.57 Å². The summed E-state index contributed by atoms with van der Waals surface area (Å²) in [6.07, 6.45) is -3.23. The SMILES string of the molecule is CCOC(=O)CN(OC(=O)c1ccccc1)c1ccnc2ccc(C(F)(F)F)cc12. The average molecular weight is 418 g/mol. The van der Waals surface area contributed by atoms with E-state index in [-0.39, 0.29) is 28.8 Å². The number of carbonyl (C=O) groups is 2. The van der Waals surface area contributed by atoms with E-state index in [2.05, 4.69) is 4.98 Å². The van der Waals surface area contributed by atoms with E-state index in [1.807, 2.05) is 0 Å². The molecule has 0 aliphatic rings. The number of fused-ring (bicyclic) bond motifs is 1. The lowest BCUT2D eigenvalue weighted by Gasteiger charge is -2.23. The van der Waals surface area contributed by atoms with E-state index < -0.39 is 30.2 Å². The van der Waals surface area contributed by atoms with Crippen LogP contribution in [-0.4, -0.2) is 30.1 Å².